The molecule has 0 saturated heterocycles. The van der Waals surface area contributed by atoms with Crippen LogP contribution in [-0.4, -0.2) is 23.0 Å². The van der Waals surface area contributed by atoms with Gasteiger partial charge >= 0.3 is 0 Å². The Balaban J connectivity index is 1.53. The highest BCUT2D eigenvalue weighted by Crippen LogP contribution is 2.22. The first kappa shape index (κ1) is 15.8. The lowest BCUT2D eigenvalue weighted by molar-refractivity contribution is 0.102. The fourth-order valence-electron chi connectivity index (χ4n) is 2.65. The molecule has 0 atom stereocenters. The number of nitrogens with zero attached hydrogens (tertiary/aromatic N) is 2. The number of fused-ring (bicyclic) bond motifs is 1. The van der Waals surface area contributed by atoms with Crippen molar-refractivity contribution < 1.29 is 13.9 Å². The molecule has 26 heavy (non-hydrogen) atoms. The van der Waals surface area contributed by atoms with E-state index >= 15 is 0 Å². The number of nitrogens with one attached hydrogen (secondary N) is 1. The SMILES string of the molecule is COc1ccc2cc(NC(=O)c3ccc(-c4cnco4)cc3)ccc2n1. The molecule has 6 heteroatoms. The number of aromatic nitrogens is 2. The van der Waals surface area contributed by atoms with E-state index in [4.69, 9.17) is 9.15 Å². The number of carbonyl (C=O) groups excluding carboxylic acids is 1. The number of amides is 1. The van der Waals surface area contributed by atoms with Crippen LogP contribution < -0.4 is 10.1 Å². The summed E-state index contributed by atoms with van der Waals surface area (Å²) in [7, 11) is 1.58. The Kier molecular flexibility index (Phi) is 4.07. The summed E-state index contributed by atoms with van der Waals surface area (Å²) in [6, 6.07) is 16.4. The van der Waals surface area contributed by atoms with Crippen LogP contribution in [0.25, 0.3) is 22.2 Å². The van der Waals surface area contributed by atoms with Gasteiger partial charge in [0.1, 0.15) is 0 Å². The Hall–Kier alpha value is -3.67. The van der Waals surface area contributed by atoms with Crippen LogP contribution in [0.4, 0.5) is 5.69 Å². The van der Waals surface area contributed by atoms with Crippen LogP contribution in [0.15, 0.2) is 71.6 Å². The second-order valence-electron chi connectivity index (χ2n) is 5.66. The minimum absolute atomic E-state index is 0.185. The summed E-state index contributed by atoms with van der Waals surface area (Å²) in [6.45, 7) is 0. The summed E-state index contributed by atoms with van der Waals surface area (Å²) >= 11 is 0. The van der Waals surface area contributed by atoms with Gasteiger partial charge in [-0.2, -0.15) is 0 Å². The Labute approximate surface area is 149 Å². The molecular weight excluding hydrogens is 330 g/mol. The molecule has 0 spiro atoms. The zero-order valence-electron chi connectivity index (χ0n) is 14.0. The minimum atomic E-state index is -0.185. The van der Waals surface area contributed by atoms with Crippen LogP contribution in [-0.2, 0) is 0 Å². The Morgan fingerprint density at radius 1 is 1.08 bits per heavy atom. The number of ether oxygens (including phenoxy) is 1. The summed E-state index contributed by atoms with van der Waals surface area (Å²) in [5.41, 5.74) is 2.93. The van der Waals surface area contributed by atoms with E-state index in [0.717, 1.165) is 16.5 Å². The van der Waals surface area contributed by atoms with E-state index in [1.807, 2.05) is 36.4 Å². The van der Waals surface area contributed by atoms with Crippen molar-refractivity contribution >= 4 is 22.5 Å². The van der Waals surface area contributed by atoms with Crippen LogP contribution in [0.3, 0.4) is 0 Å². The maximum Gasteiger partial charge on any atom is 0.255 e. The predicted octanol–water partition coefficient (Wildman–Crippen LogP) is 4.15. The molecule has 0 aliphatic rings. The molecule has 0 aliphatic heterocycles. The highest BCUT2D eigenvalue weighted by atomic mass is 16.5. The second-order valence-corrected chi connectivity index (χ2v) is 5.66. The summed E-state index contributed by atoms with van der Waals surface area (Å²) in [6.07, 6.45) is 3.01. The molecule has 6 nitrogen and oxygen atoms in total. The minimum Gasteiger partial charge on any atom is -0.481 e. The number of oxazole rings is 1. The normalized spacial score (nSPS) is 10.7. The van der Waals surface area contributed by atoms with Gasteiger partial charge in [-0.25, -0.2) is 9.97 Å². The molecule has 0 fully saturated rings. The fraction of sp³-hybridized carbons (Fsp3) is 0.0500. The van der Waals surface area contributed by atoms with E-state index in [1.165, 1.54) is 6.39 Å². The smallest absolute Gasteiger partial charge is 0.255 e. The van der Waals surface area contributed by atoms with E-state index in [0.29, 0.717) is 22.9 Å². The largest absolute Gasteiger partial charge is 0.481 e. The topological polar surface area (TPSA) is 77.2 Å². The first-order valence-electron chi connectivity index (χ1n) is 7.98. The summed E-state index contributed by atoms with van der Waals surface area (Å²) in [5.74, 6) is 1.03. The number of hydrogen-bond donors (Lipinski definition) is 1. The molecular formula is C20H15N3O3. The lowest BCUT2D eigenvalue weighted by atomic mass is 10.1. The second kappa shape index (κ2) is 6.68. The molecule has 0 unspecified atom stereocenters. The van der Waals surface area contributed by atoms with Crippen LogP contribution in [0, 0.1) is 0 Å². The molecule has 2 aromatic heterocycles. The summed E-state index contributed by atoms with van der Waals surface area (Å²) < 4.78 is 10.4. The van der Waals surface area contributed by atoms with Crippen molar-refractivity contribution in [3.8, 4) is 17.2 Å². The highest BCUT2D eigenvalue weighted by Gasteiger charge is 2.09. The van der Waals surface area contributed by atoms with Crippen molar-refractivity contribution in [2.45, 2.75) is 0 Å². The quantitative estimate of drug-likeness (QED) is 0.601. The van der Waals surface area contributed by atoms with E-state index in [1.54, 1.807) is 31.5 Å². The molecule has 4 aromatic rings. The van der Waals surface area contributed by atoms with Crippen molar-refractivity contribution in [1.29, 1.82) is 0 Å². The van der Waals surface area contributed by atoms with Crippen molar-refractivity contribution in [3.05, 3.63) is 72.8 Å². The third kappa shape index (κ3) is 3.12. The first-order chi connectivity index (χ1) is 12.7. The van der Waals surface area contributed by atoms with E-state index in [9.17, 15) is 4.79 Å². The van der Waals surface area contributed by atoms with E-state index in [2.05, 4.69) is 15.3 Å². The first-order valence-corrected chi connectivity index (χ1v) is 7.98. The molecule has 2 heterocycles. The number of anilines is 1. The van der Waals surface area contributed by atoms with E-state index < -0.39 is 0 Å². The van der Waals surface area contributed by atoms with Gasteiger partial charge in [0.15, 0.2) is 12.2 Å². The molecule has 1 N–H and O–H groups in total. The van der Waals surface area contributed by atoms with Gasteiger partial charge in [0.2, 0.25) is 5.88 Å². The molecule has 0 saturated carbocycles. The van der Waals surface area contributed by atoms with Crippen LogP contribution in [0.5, 0.6) is 5.88 Å². The number of methoxy groups -OCH3 is 1. The lowest BCUT2D eigenvalue weighted by Crippen LogP contribution is -2.11. The molecule has 128 valence electrons. The fourth-order valence-corrected chi connectivity index (χ4v) is 2.65. The molecule has 0 aliphatic carbocycles. The van der Waals surface area contributed by atoms with Gasteiger partial charge in [0, 0.05) is 28.3 Å². The van der Waals surface area contributed by atoms with Gasteiger partial charge in [-0.3, -0.25) is 4.79 Å². The molecule has 1 amide bonds. The number of pyridine rings is 1. The average molecular weight is 345 g/mol. The average Bonchev–Trinajstić information content (AvgIpc) is 3.22. The Bertz CT molecular complexity index is 1060. The highest BCUT2D eigenvalue weighted by molar-refractivity contribution is 6.05. The van der Waals surface area contributed by atoms with Crippen molar-refractivity contribution in [1.82, 2.24) is 9.97 Å². The maximum atomic E-state index is 12.5. The maximum absolute atomic E-state index is 12.5. The van der Waals surface area contributed by atoms with Crippen LogP contribution in [0.2, 0.25) is 0 Å². The van der Waals surface area contributed by atoms with Crippen molar-refractivity contribution in [2.75, 3.05) is 12.4 Å². The molecule has 0 radical (unpaired) electrons. The van der Waals surface area contributed by atoms with Crippen LogP contribution >= 0.6 is 0 Å². The monoisotopic (exact) mass is 345 g/mol. The van der Waals surface area contributed by atoms with Gasteiger partial charge in [-0.15, -0.1) is 0 Å². The number of hydrogen-bond acceptors (Lipinski definition) is 5. The van der Waals surface area contributed by atoms with Gasteiger partial charge < -0.3 is 14.5 Å². The van der Waals surface area contributed by atoms with Gasteiger partial charge in [0.05, 0.1) is 18.8 Å². The molecule has 4 rings (SSSR count). The third-order valence-corrected chi connectivity index (χ3v) is 3.99. The zero-order valence-corrected chi connectivity index (χ0v) is 14.0. The summed E-state index contributed by atoms with van der Waals surface area (Å²) in [5, 5.41) is 3.82. The molecule has 2 aromatic carbocycles. The summed E-state index contributed by atoms with van der Waals surface area (Å²) in [4.78, 5) is 20.7. The predicted molar refractivity (Wildman–Crippen MR) is 98.2 cm³/mol. The van der Waals surface area contributed by atoms with Crippen molar-refractivity contribution in [3.63, 3.8) is 0 Å². The van der Waals surface area contributed by atoms with Crippen molar-refractivity contribution in [2.24, 2.45) is 0 Å². The van der Waals surface area contributed by atoms with Gasteiger partial charge in [0.25, 0.3) is 5.91 Å². The number of rotatable bonds is 4. The standard InChI is InChI=1S/C20H15N3O3/c1-25-19-9-6-15-10-16(7-8-17(15)23-19)22-20(24)14-4-2-13(3-5-14)18-11-21-12-26-18/h2-12H,1H3,(H,22,24). The number of carbonyl (C=O) groups is 1. The molecule has 0 bridgehead atoms. The lowest BCUT2D eigenvalue weighted by Gasteiger charge is -2.07. The zero-order chi connectivity index (χ0) is 17.9. The Morgan fingerprint density at radius 3 is 2.65 bits per heavy atom. The van der Waals surface area contributed by atoms with Gasteiger partial charge in [-0.1, -0.05) is 12.1 Å². The van der Waals surface area contributed by atoms with Gasteiger partial charge in [-0.05, 0) is 36.4 Å². The van der Waals surface area contributed by atoms with E-state index in [-0.39, 0.29) is 5.91 Å². The number of benzene rings is 2. The van der Waals surface area contributed by atoms with Crippen LogP contribution in [0.1, 0.15) is 10.4 Å². The third-order valence-electron chi connectivity index (χ3n) is 3.99. The Morgan fingerprint density at radius 2 is 1.92 bits per heavy atom.